The zero-order chi connectivity index (χ0) is 14.5. The number of benzene rings is 2. The molecule has 0 saturated carbocycles. The van der Waals surface area contributed by atoms with E-state index in [-0.39, 0.29) is 5.91 Å². The lowest BCUT2D eigenvalue weighted by atomic mass is 10.2. The molecule has 104 valence electrons. The molecule has 1 amide bonds. The van der Waals surface area contributed by atoms with Crippen LogP contribution in [-0.4, -0.2) is 11.7 Å². The molecule has 6 heteroatoms. The van der Waals surface area contributed by atoms with Gasteiger partial charge in [-0.25, -0.2) is 0 Å². The van der Waals surface area contributed by atoms with Crippen LogP contribution in [0.3, 0.4) is 0 Å². The van der Waals surface area contributed by atoms with E-state index in [1.165, 1.54) is 24.3 Å². The van der Waals surface area contributed by atoms with Crippen LogP contribution < -0.4 is 5.32 Å². The molecular formula is C14H10BrF2NOS. The third-order valence-corrected chi connectivity index (χ3v) is 3.64. The predicted octanol–water partition coefficient (Wildman–Crippen LogP) is 5.02. The Balaban J connectivity index is 2.06. The van der Waals surface area contributed by atoms with Crippen LogP contribution in [0.1, 0.15) is 10.4 Å². The summed E-state index contributed by atoms with van der Waals surface area (Å²) in [4.78, 5) is 12.4. The molecule has 0 aliphatic carbocycles. The summed E-state index contributed by atoms with van der Waals surface area (Å²) >= 11 is 3.77. The van der Waals surface area contributed by atoms with Crippen LogP contribution in [0, 0.1) is 0 Å². The fraction of sp³-hybridized carbons (Fsp3) is 0.0714. The summed E-state index contributed by atoms with van der Waals surface area (Å²) < 4.78 is 25.2. The molecule has 2 aromatic carbocycles. The number of carbonyl (C=O) groups is 1. The number of hydrogen-bond donors (Lipinski definition) is 1. The number of amides is 1. The van der Waals surface area contributed by atoms with E-state index in [0.29, 0.717) is 27.9 Å². The quantitative estimate of drug-likeness (QED) is 0.778. The second-order valence-electron chi connectivity index (χ2n) is 3.87. The highest BCUT2D eigenvalue weighted by molar-refractivity contribution is 9.10. The van der Waals surface area contributed by atoms with E-state index in [2.05, 4.69) is 21.2 Å². The number of thioether (sulfide) groups is 1. The molecule has 2 nitrogen and oxygen atoms in total. The summed E-state index contributed by atoms with van der Waals surface area (Å²) in [6.45, 7) is 0. The molecule has 0 aliphatic rings. The predicted molar refractivity (Wildman–Crippen MR) is 80.4 cm³/mol. The molecule has 0 saturated heterocycles. The first-order valence-electron chi connectivity index (χ1n) is 5.66. The minimum atomic E-state index is -2.46. The number of alkyl halides is 2. The summed E-state index contributed by atoms with van der Waals surface area (Å²) in [5, 5.41) is 2.74. The molecule has 1 N–H and O–H groups in total. The van der Waals surface area contributed by atoms with Crippen molar-refractivity contribution in [3.8, 4) is 0 Å². The molecule has 0 bridgehead atoms. The number of anilines is 1. The van der Waals surface area contributed by atoms with Crippen LogP contribution in [0.2, 0.25) is 0 Å². The number of nitrogens with one attached hydrogen (secondary N) is 1. The molecule has 2 rings (SSSR count). The molecule has 0 spiro atoms. The van der Waals surface area contributed by atoms with Crippen molar-refractivity contribution in [3.63, 3.8) is 0 Å². The van der Waals surface area contributed by atoms with E-state index >= 15 is 0 Å². The zero-order valence-corrected chi connectivity index (χ0v) is 12.5. The maximum Gasteiger partial charge on any atom is 0.288 e. The number of carbonyl (C=O) groups excluding carboxylic acids is 1. The van der Waals surface area contributed by atoms with Crippen LogP contribution in [0.5, 0.6) is 0 Å². The Labute approximate surface area is 127 Å². The topological polar surface area (TPSA) is 29.1 Å². The van der Waals surface area contributed by atoms with Crippen molar-refractivity contribution in [3.05, 3.63) is 58.6 Å². The Morgan fingerprint density at radius 1 is 1.15 bits per heavy atom. The van der Waals surface area contributed by atoms with E-state index in [9.17, 15) is 13.6 Å². The van der Waals surface area contributed by atoms with Crippen molar-refractivity contribution in [2.45, 2.75) is 10.7 Å². The summed E-state index contributed by atoms with van der Waals surface area (Å²) in [6.07, 6.45) is 0. The average molecular weight is 358 g/mol. The molecule has 0 unspecified atom stereocenters. The zero-order valence-electron chi connectivity index (χ0n) is 10.1. The fourth-order valence-corrected chi connectivity index (χ4v) is 2.46. The van der Waals surface area contributed by atoms with Gasteiger partial charge in [0.05, 0.1) is 0 Å². The van der Waals surface area contributed by atoms with E-state index in [1.807, 2.05) is 12.1 Å². The Hall–Kier alpha value is -1.40. The van der Waals surface area contributed by atoms with Gasteiger partial charge in [-0.15, -0.1) is 0 Å². The molecule has 0 atom stereocenters. The van der Waals surface area contributed by atoms with Gasteiger partial charge in [0.1, 0.15) is 0 Å². The van der Waals surface area contributed by atoms with Crippen LogP contribution in [0.25, 0.3) is 0 Å². The minimum absolute atomic E-state index is 0.281. The van der Waals surface area contributed by atoms with Gasteiger partial charge in [-0.2, -0.15) is 8.78 Å². The molecule has 20 heavy (non-hydrogen) atoms. The third kappa shape index (κ3) is 4.31. The van der Waals surface area contributed by atoms with E-state index in [4.69, 9.17) is 0 Å². The molecule has 0 aromatic heterocycles. The third-order valence-electron chi connectivity index (χ3n) is 2.42. The van der Waals surface area contributed by atoms with Gasteiger partial charge in [-0.1, -0.05) is 33.8 Å². The first-order valence-corrected chi connectivity index (χ1v) is 7.33. The van der Waals surface area contributed by atoms with Gasteiger partial charge in [0, 0.05) is 20.6 Å². The van der Waals surface area contributed by atoms with Gasteiger partial charge in [-0.05, 0) is 42.5 Å². The van der Waals surface area contributed by atoms with Crippen molar-refractivity contribution in [1.82, 2.24) is 0 Å². The fourth-order valence-electron chi connectivity index (χ4n) is 1.56. The molecule has 0 heterocycles. The maximum absolute atomic E-state index is 12.2. The number of rotatable bonds is 4. The lowest BCUT2D eigenvalue weighted by Gasteiger charge is -2.06. The number of halogens is 3. The SMILES string of the molecule is O=C(Nc1cccc(Br)c1)c1ccc(SC(F)F)cc1. The molecule has 0 aliphatic heterocycles. The van der Waals surface area contributed by atoms with Crippen molar-refractivity contribution in [2.75, 3.05) is 5.32 Å². The van der Waals surface area contributed by atoms with Crippen molar-refractivity contribution in [2.24, 2.45) is 0 Å². The Bertz CT molecular complexity index is 604. The lowest BCUT2D eigenvalue weighted by Crippen LogP contribution is -2.11. The van der Waals surface area contributed by atoms with Gasteiger partial charge in [-0.3, -0.25) is 4.79 Å². The minimum Gasteiger partial charge on any atom is -0.322 e. The Morgan fingerprint density at radius 3 is 2.45 bits per heavy atom. The van der Waals surface area contributed by atoms with Gasteiger partial charge in [0.2, 0.25) is 0 Å². The largest absolute Gasteiger partial charge is 0.322 e. The van der Waals surface area contributed by atoms with Crippen molar-refractivity contribution in [1.29, 1.82) is 0 Å². The monoisotopic (exact) mass is 357 g/mol. The van der Waals surface area contributed by atoms with Crippen LogP contribution in [0.15, 0.2) is 57.9 Å². The van der Waals surface area contributed by atoms with Crippen LogP contribution >= 0.6 is 27.7 Å². The number of hydrogen-bond acceptors (Lipinski definition) is 2. The Kier molecular flexibility index (Phi) is 5.14. The van der Waals surface area contributed by atoms with Gasteiger partial charge in [0.25, 0.3) is 11.7 Å². The van der Waals surface area contributed by atoms with Crippen LogP contribution in [0.4, 0.5) is 14.5 Å². The lowest BCUT2D eigenvalue weighted by molar-refractivity contribution is 0.102. The van der Waals surface area contributed by atoms with Crippen molar-refractivity contribution >= 4 is 39.3 Å². The van der Waals surface area contributed by atoms with Crippen molar-refractivity contribution < 1.29 is 13.6 Å². The second-order valence-corrected chi connectivity index (χ2v) is 5.85. The standard InChI is InChI=1S/C14H10BrF2NOS/c15-10-2-1-3-11(8-10)18-13(19)9-4-6-12(7-5-9)20-14(16)17/h1-8,14H,(H,18,19). The summed E-state index contributed by atoms with van der Waals surface area (Å²) in [5.41, 5.74) is 1.08. The Morgan fingerprint density at radius 2 is 1.85 bits per heavy atom. The second kappa shape index (κ2) is 6.85. The first-order chi connectivity index (χ1) is 9.54. The highest BCUT2D eigenvalue weighted by atomic mass is 79.9. The van der Waals surface area contributed by atoms with E-state index < -0.39 is 5.76 Å². The van der Waals surface area contributed by atoms with Gasteiger partial charge < -0.3 is 5.32 Å². The maximum atomic E-state index is 12.2. The highest BCUT2D eigenvalue weighted by Gasteiger charge is 2.08. The van der Waals surface area contributed by atoms with E-state index in [1.54, 1.807) is 12.1 Å². The summed E-state index contributed by atoms with van der Waals surface area (Å²) in [5.74, 6) is -2.74. The van der Waals surface area contributed by atoms with Crippen LogP contribution in [-0.2, 0) is 0 Å². The molecule has 2 aromatic rings. The van der Waals surface area contributed by atoms with Gasteiger partial charge in [0.15, 0.2) is 0 Å². The smallest absolute Gasteiger partial charge is 0.288 e. The summed E-state index contributed by atoms with van der Waals surface area (Å²) in [7, 11) is 0. The highest BCUT2D eigenvalue weighted by Crippen LogP contribution is 2.25. The van der Waals surface area contributed by atoms with E-state index in [0.717, 1.165) is 4.47 Å². The molecule has 0 fully saturated rings. The molecule has 0 radical (unpaired) electrons. The first kappa shape index (κ1) is 15.0. The summed E-state index contributed by atoms with van der Waals surface area (Å²) in [6, 6.07) is 13.3. The average Bonchev–Trinajstić information content (AvgIpc) is 2.38. The normalized spacial score (nSPS) is 10.6. The van der Waals surface area contributed by atoms with Gasteiger partial charge >= 0.3 is 0 Å². The molecular weight excluding hydrogens is 348 g/mol.